The van der Waals surface area contributed by atoms with Crippen LogP contribution in [0, 0.1) is 0 Å². The van der Waals surface area contributed by atoms with Gasteiger partial charge in [0.05, 0.1) is 36.4 Å². The van der Waals surface area contributed by atoms with E-state index in [2.05, 4.69) is 5.32 Å². The third kappa shape index (κ3) is 7.07. The van der Waals surface area contributed by atoms with Crippen molar-refractivity contribution in [1.82, 2.24) is 4.90 Å². The summed E-state index contributed by atoms with van der Waals surface area (Å²) < 4.78 is 10.1. The number of nitrogens with zero attached hydrogens (tertiary/aromatic N) is 3. The minimum atomic E-state index is -0.920. The third-order valence-corrected chi connectivity index (χ3v) is 8.11. The van der Waals surface area contributed by atoms with E-state index < -0.39 is 23.9 Å². The predicted molar refractivity (Wildman–Crippen MR) is 175 cm³/mol. The van der Waals surface area contributed by atoms with Gasteiger partial charge in [0.1, 0.15) is 6.04 Å². The Labute approximate surface area is 272 Å². The van der Waals surface area contributed by atoms with Gasteiger partial charge in [-0.15, -0.1) is 0 Å². The molecular weight excluding hydrogens is 608 g/mol. The van der Waals surface area contributed by atoms with Gasteiger partial charge in [-0.1, -0.05) is 12.1 Å². The highest BCUT2D eigenvalue weighted by Crippen LogP contribution is 2.30. The number of hydrogen-bond acceptors (Lipinski definition) is 8. The van der Waals surface area contributed by atoms with Gasteiger partial charge < -0.3 is 24.6 Å². The van der Waals surface area contributed by atoms with Crippen molar-refractivity contribution in [2.75, 3.05) is 34.9 Å². The SMILES string of the molecule is CCOC(=O)c1ccc(NC(=O)CC2C(=O)N(c3ccc(C(=O)OCC)cc3)C(=S)N2Cc2ccc(N3CCCC3=O)cc2)cc1. The number of carbonyl (C=O) groups is 5. The fraction of sp³-hybridized carbons (Fsp3) is 0.294. The second-order valence-corrected chi connectivity index (χ2v) is 11.1. The topological polar surface area (TPSA) is 126 Å². The number of thiocarbonyl (C=S) groups is 1. The summed E-state index contributed by atoms with van der Waals surface area (Å²) in [5.74, 6) is -1.66. The summed E-state index contributed by atoms with van der Waals surface area (Å²) >= 11 is 5.81. The first-order chi connectivity index (χ1) is 22.2. The summed E-state index contributed by atoms with van der Waals surface area (Å²) in [4.78, 5) is 68.3. The van der Waals surface area contributed by atoms with Crippen LogP contribution in [0.25, 0.3) is 0 Å². The Hall–Kier alpha value is -5.10. The van der Waals surface area contributed by atoms with Crippen LogP contribution < -0.4 is 15.1 Å². The van der Waals surface area contributed by atoms with E-state index in [1.54, 1.807) is 72.2 Å². The number of nitrogens with one attached hydrogen (secondary N) is 1. The molecule has 2 saturated heterocycles. The van der Waals surface area contributed by atoms with Crippen LogP contribution in [0.1, 0.15) is 59.4 Å². The minimum Gasteiger partial charge on any atom is -0.462 e. The van der Waals surface area contributed by atoms with E-state index in [0.29, 0.717) is 35.5 Å². The molecule has 0 saturated carbocycles. The van der Waals surface area contributed by atoms with Crippen molar-refractivity contribution < 1.29 is 33.4 Å². The van der Waals surface area contributed by atoms with Crippen molar-refractivity contribution in [3.8, 4) is 0 Å². The number of benzene rings is 3. The zero-order chi connectivity index (χ0) is 32.8. The van der Waals surface area contributed by atoms with E-state index in [1.165, 1.54) is 4.90 Å². The molecule has 3 amide bonds. The molecule has 1 atom stereocenters. The summed E-state index contributed by atoms with van der Waals surface area (Å²) in [6.45, 7) is 4.84. The van der Waals surface area contributed by atoms with Crippen LogP contribution in [0.15, 0.2) is 72.8 Å². The molecule has 0 radical (unpaired) electrons. The lowest BCUT2D eigenvalue weighted by Gasteiger charge is -2.24. The van der Waals surface area contributed by atoms with E-state index in [0.717, 1.165) is 17.7 Å². The molecule has 0 spiro atoms. The molecular formula is C34H34N4O7S. The third-order valence-electron chi connectivity index (χ3n) is 7.69. The summed E-state index contributed by atoms with van der Waals surface area (Å²) in [5, 5.41) is 3.01. The smallest absolute Gasteiger partial charge is 0.338 e. The van der Waals surface area contributed by atoms with E-state index >= 15 is 0 Å². The maximum Gasteiger partial charge on any atom is 0.338 e. The average molecular weight is 643 g/mol. The first-order valence-corrected chi connectivity index (χ1v) is 15.5. The number of esters is 2. The second kappa shape index (κ2) is 14.3. The van der Waals surface area contributed by atoms with Crippen molar-refractivity contribution in [3.63, 3.8) is 0 Å². The highest BCUT2D eigenvalue weighted by atomic mass is 32.1. The maximum atomic E-state index is 13.9. The van der Waals surface area contributed by atoms with Gasteiger partial charge in [0.15, 0.2) is 5.11 Å². The van der Waals surface area contributed by atoms with Crippen LogP contribution in [-0.4, -0.2) is 65.5 Å². The number of anilines is 3. The van der Waals surface area contributed by atoms with Crippen molar-refractivity contribution in [3.05, 3.63) is 89.5 Å². The van der Waals surface area contributed by atoms with Gasteiger partial charge in [0.2, 0.25) is 11.8 Å². The summed E-state index contributed by atoms with van der Waals surface area (Å²) in [5.41, 5.74) is 3.24. The van der Waals surface area contributed by atoms with E-state index in [1.807, 2.05) is 24.3 Å². The summed E-state index contributed by atoms with van der Waals surface area (Å²) in [6.07, 6.45) is 1.15. The Morgan fingerprint density at radius 1 is 0.826 bits per heavy atom. The minimum absolute atomic E-state index is 0.0882. The molecule has 2 fully saturated rings. The van der Waals surface area contributed by atoms with Gasteiger partial charge in [-0.05, 0) is 98.7 Å². The largest absolute Gasteiger partial charge is 0.462 e. The fourth-order valence-electron chi connectivity index (χ4n) is 5.40. The van der Waals surface area contributed by atoms with Crippen LogP contribution >= 0.6 is 12.2 Å². The highest BCUT2D eigenvalue weighted by Gasteiger charge is 2.44. The molecule has 2 heterocycles. The molecule has 12 heteroatoms. The Morgan fingerprint density at radius 2 is 1.39 bits per heavy atom. The molecule has 0 bridgehead atoms. The molecule has 11 nitrogen and oxygen atoms in total. The second-order valence-electron chi connectivity index (χ2n) is 10.7. The number of carbonyl (C=O) groups excluding carboxylic acids is 5. The van der Waals surface area contributed by atoms with Gasteiger partial charge >= 0.3 is 11.9 Å². The van der Waals surface area contributed by atoms with E-state index in [9.17, 15) is 24.0 Å². The van der Waals surface area contributed by atoms with Gasteiger partial charge in [0, 0.05) is 30.9 Å². The van der Waals surface area contributed by atoms with Crippen LogP contribution in [-0.2, 0) is 30.4 Å². The molecule has 0 aliphatic carbocycles. The Morgan fingerprint density at radius 3 is 1.93 bits per heavy atom. The summed E-state index contributed by atoms with van der Waals surface area (Å²) in [6, 6.07) is 19.2. The first kappa shape index (κ1) is 32.3. The van der Waals surface area contributed by atoms with Gasteiger partial charge in [0.25, 0.3) is 5.91 Å². The molecule has 238 valence electrons. The van der Waals surface area contributed by atoms with E-state index in [-0.39, 0.29) is 43.1 Å². The number of amides is 3. The van der Waals surface area contributed by atoms with Crippen molar-refractivity contribution in [1.29, 1.82) is 0 Å². The molecule has 5 rings (SSSR count). The Bertz CT molecular complexity index is 1640. The molecule has 3 aromatic rings. The quantitative estimate of drug-likeness (QED) is 0.234. The average Bonchev–Trinajstić information content (AvgIpc) is 3.58. The molecule has 46 heavy (non-hydrogen) atoms. The summed E-state index contributed by atoms with van der Waals surface area (Å²) in [7, 11) is 0. The van der Waals surface area contributed by atoms with E-state index in [4.69, 9.17) is 21.7 Å². The Balaban J connectivity index is 1.36. The Kier molecular flexibility index (Phi) is 10.1. The van der Waals surface area contributed by atoms with Gasteiger partial charge in [-0.25, -0.2) is 9.59 Å². The van der Waals surface area contributed by atoms with Crippen LogP contribution in [0.5, 0.6) is 0 Å². The van der Waals surface area contributed by atoms with Crippen molar-refractivity contribution in [2.24, 2.45) is 0 Å². The molecule has 2 aliphatic rings. The molecule has 3 aromatic carbocycles. The monoisotopic (exact) mass is 642 g/mol. The number of rotatable bonds is 11. The lowest BCUT2D eigenvalue weighted by atomic mass is 10.1. The number of hydrogen-bond donors (Lipinski definition) is 1. The van der Waals surface area contributed by atoms with Crippen molar-refractivity contribution >= 4 is 64.1 Å². The fourth-order valence-corrected chi connectivity index (χ4v) is 5.79. The normalized spacial score (nSPS) is 16.2. The van der Waals surface area contributed by atoms with Crippen LogP contribution in [0.3, 0.4) is 0 Å². The first-order valence-electron chi connectivity index (χ1n) is 15.1. The van der Waals surface area contributed by atoms with Crippen LogP contribution in [0.2, 0.25) is 0 Å². The molecule has 1 N–H and O–H groups in total. The zero-order valence-electron chi connectivity index (χ0n) is 25.6. The lowest BCUT2D eigenvalue weighted by Crippen LogP contribution is -2.37. The number of ether oxygens (including phenoxy) is 2. The van der Waals surface area contributed by atoms with Crippen molar-refractivity contribution in [2.45, 2.75) is 45.7 Å². The van der Waals surface area contributed by atoms with Gasteiger partial charge in [-0.3, -0.25) is 19.3 Å². The highest BCUT2D eigenvalue weighted by molar-refractivity contribution is 7.80. The molecule has 0 aromatic heterocycles. The molecule has 1 unspecified atom stereocenters. The maximum absolute atomic E-state index is 13.9. The predicted octanol–water partition coefficient (Wildman–Crippen LogP) is 4.70. The molecule has 2 aliphatic heterocycles. The zero-order valence-corrected chi connectivity index (χ0v) is 26.4. The van der Waals surface area contributed by atoms with Crippen LogP contribution in [0.4, 0.5) is 17.1 Å². The van der Waals surface area contributed by atoms with Gasteiger partial charge in [-0.2, -0.15) is 0 Å². The standard InChI is InChI=1S/C34H34N4O7S/c1-3-44-32(42)23-9-13-25(14-10-23)35-29(39)20-28-31(41)38(27-17-11-24(12-18-27)33(43)45-4-2)34(46)37(28)21-22-7-15-26(16-8-22)36-19-5-6-30(36)40/h7-18,28H,3-6,19-21H2,1-2H3,(H,35,39). The lowest BCUT2D eigenvalue weighted by molar-refractivity contribution is -0.124.